The first kappa shape index (κ1) is 9.67. The molecule has 1 rings (SSSR count). The second-order valence-electron chi connectivity index (χ2n) is 2.21. The largest absolute Gasteiger partial charge is 0.467 e. The van der Waals surface area contributed by atoms with Gasteiger partial charge in [-0.25, -0.2) is 8.78 Å². The standard InChI is InChI=1S/C7H8BrF2NO/c8-5-1-2-12-6(5)3-11-4-7(9)10/h1-2,7,11H,3-4H2. The Labute approximate surface area is 77.1 Å². The first-order valence-electron chi connectivity index (χ1n) is 3.41. The van der Waals surface area contributed by atoms with E-state index in [0.29, 0.717) is 12.3 Å². The van der Waals surface area contributed by atoms with Crippen molar-refractivity contribution >= 4 is 15.9 Å². The summed E-state index contributed by atoms with van der Waals surface area (Å²) in [4.78, 5) is 0. The van der Waals surface area contributed by atoms with Gasteiger partial charge in [0.1, 0.15) is 5.76 Å². The third-order valence-electron chi connectivity index (χ3n) is 1.28. The number of hydrogen-bond acceptors (Lipinski definition) is 2. The molecule has 5 heteroatoms. The monoisotopic (exact) mass is 239 g/mol. The van der Waals surface area contributed by atoms with Crippen LogP contribution < -0.4 is 5.32 Å². The van der Waals surface area contributed by atoms with Crippen LogP contribution in [0.2, 0.25) is 0 Å². The highest BCUT2D eigenvalue weighted by Gasteiger charge is 2.04. The summed E-state index contributed by atoms with van der Waals surface area (Å²) in [7, 11) is 0. The molecule has 1 aromatic heterocycles. The summed E-state index contributed by atoms with van der Waals surface area (Å²) in [5, 5.41) is 2.55. The first-order chi connectivity index (χ1) is 5.70. The van der Waals surface area contributed by atoms with Crippen LogP contribution in [-0.4, -0.2) is 13.0 Å². The summed E-state index contributed by atoms with van der Waals surface area (Å²) < 4.78 is 29.1. The second-order valence-corrected chi connectivity index (χ2v) is 3.07. The van der Waals surface area contributed by atoms with Crippen LogP contribution in [0.25, 0.3) is 0 Å². The highest BCUT2D eigenvalue weighted by Crippen LogP contribution is 2.16. The molecule has 0 bridgehead atoms. The molecule has 0 spiro atoms. The molecule has 0 aliphatic rings. The molecule has 1 N–H and O–H groups in total. The molecule has 0 aliphatic heterocycles. The van der Waals surface area contributed by atoms with E-state index in [9.17, 15) is 8.78 Å². The summed E-state index contributed by atoms with van der Waals surface area (Å²) >= 11 is 3.21. The lowest BCUT2D eigenvalue weighted by Gasteiger charge is -2.00. The molecule has 1 heterocycles. The summed E-state index contributed by atoms with van der Waals surface area (Å²) in [5.41, 5.74) is 0. The van der Waals surface area contributed by atoms with Crippen molar-refractivity contribution in [2.24, 2.45) is 0 Å². The smallest absolute Gasteiger partial charge is 0.250 e. The maximum atomic E-state index is 11.7. The van der Waals surface area contributed by atoms with Gasteiger partial charge in [0, 0.05) is 0 Å². The third kappa shape index (κ3) is 2.91. The fourth-order valence-corrected chi connectivity index (χ4v) is 1.09. The maximum Gasteiger partial charge on any atom is 0.250 e. The van der Waals surface area contributed by atoms with Gasteiger partial charge in [-0.1, -0.05) is 0 Å². The van der Waals surface area contributed by atoms with Crippen LogP contribution in [0, 0.1) is 0 Å². The van der Waals surface area contributed by atoms with E-state index >= 15 is 0 Å². The van der Waals surface area contributed by atoms with Crippen molar-refractivity contribution in [2.45, 2.75) is 13.0 Å². The molecule has 0 amide bonds. The zero-order valence-electron chi connectivity index (χ0n) is 6.19. The van der Waals surface area contributed by atoms with E-state index in [1.165, 1.54) is 6.26 Å². The van der Waals surface area contributed by atoms with Crippen molar-refractivity contribution in [1.82, 2.24) is 5.32 Å². The molecule has 12 heavy (non-hydrogen) atoms. The van der Waals surface area contributed by atoms with Gasteiger partial charge in [-0.05, 0) is 22.0 Å². The lowest BCUT2D eigenvalue weighted by molar-refractivity contribution is 0.144. The van der Waals surface area contributed by atoms with Crippen molar-refractivity contribution in [3.05, 3.63) is 22.6 Å². The topological polar surface area (TPSA) is 25.2 Å². The molecule has 0 unspecified atom stereocenters. The number of nitrogens with one attached hydrogen (secondary N) is 1. The Morgan fingerprint density at radius 1 is 1.58 bits per heavy atom. The minimum atomic E-state index is -2.32. The molecular weight excluding hydrogens is 232 g/mol. The SMILES string of the molecule is FC(F)CNCc1occc1Br. The molecule has 0 aromatic carbocycles. The fraction of sp³-hybridized carbons (Fsp3) is 0.429. The van der Waals surface area contributed by atoms with E-state index in [2.05, 4.69) is 21.2 Å². The summed E-state index contributed by atoms with van der Waals surface area (Å²) in [5.74, 6) is 0.635. The van der Waals surface area contributed by atoms with Gasteiger partial charge in [0.2, 0.25) is 0 Å². The van der Waals surface area contributed by atoms with Crippen LogP contribution in [0.4, 0.5) is 8.78 Å². The molecule has 0 fully saturated rings. The molecule has 2 nitrogen and oxygen atoms in total. The highest BCUT2D eigenvalue weighted by atomic mass is 79.9. The average molecular weight is 240 g/mol. The van der Waals surface area contributed by atoms with Crippen LogP contribution in [0.3, 0.4) is 0 Å². The Kier molecular flexibility index (Phi) is 3.68. The van der Waals surface area contributed by atoms with Crippen molar-refractivity contribution < 1.29 is 13.2 Å². The van der Waals surface area contributed by atoms with Crippen LogP contribution in [0.1, 0.15) is 5.76 Å². The van der Waals surface area contributed by atoms with Crippen molar-refractivity contribution in [2.75, 3.05) is 6.54 Å². The minimum Gasteiger partial charge on any atom is -0.467 e. The van der Waals surface area contributed by atoms with Crippen molar-refractivity contribution in [3.63, 3.8) is 0 Å². The van der Waals surface area contributed by atoms with Gasteiger partial charge in [0.25, 0.3) is 6.43 Å². The number of halogens is 3. The quantitative estimate of drug-likeness (QED) is 0.874. The summed E-state index contributed by atoms with van der Waals surface area (Å²) in [6.45, 7) is 0.00502. The van der Waals surface area contributed by atoms with Gasteiger partial charge in [0.05, 0.1) is 23.8 Å². The lowest BCUT2D eigenvalue weighted by Crippen LogP contribution is -2.20. The van der Waals surface area contributed by atoms with Gasteiger partial charge >= 0.3 is 0 Å². The zero-order valence-corrected chi connectivity index (χ0v) is 7.77. The molecule has 1 aromatic rings. The average Bonchev–Trinajstić information content (AvgIpc) is 2.36. The molecule has 0 atom stereocenters. The Morgan fingerprint density at radius 3 is 2.83 bits per heavy atom. The van der Waals surface area contributed by atoms with Crippen molar-refractivity contribution in [1.29, 1.82) is 0 Å². The van der Waals surface area contributed by atoms with Gasteiger partial charge in [-0.15, -0.1) is 0 Å². The van der Waals surface area contributed by atoms with E-state index in [1.54, 1.807) is 6.07 Å². The number of rotatable bonds is 4. The summed E-state index contributed by atoms with van der Waals surface area (Å²) in [6.07, 6.45) is -0.817. The second kappa shape index (κ2) is 4.57. The van der Waals surface area contributed by atoms with Crippen molar-refractivity contribution in [3.8, 4) is 0 Å². The molecule has 0 saturated carbocycles. The van der Waals surface area contributed by atoms with Crippen LogP contribution in [0.15, 0.2) is 21.2 Å². The van der Waals surface area contributed by atoms with Gasteiger partial charge in [0.15, 0.2) is 0 Å². The van der Waals surface area contributed by atoms with E-state index in [4.69, 9.17) is 4.42 Å². The van der Waals surface area contributed by atoms with E-state index in [0.717, 1.165) is 4.47 Å². The molecular formula is C7H8BrF2NO. The van der Waals surface area contributed by atoms with Gasteiger partial charge < -0.3 is 9.73 Å². The zero-order chi connectivity index (χ0) is 8.97. The predicted molar refractivity (Wildman–Crippen MR) is 44.1 cm³/mol. The highest BCUT2D eigenvalue weighted by molar-refractivity contribution is 9.10. The minimum absolute atomic E-state index is 0.312. The molecule has 0 saturated heterocycles. The lowest BCUT2D eigenvalue weighted by atomic mass is 10.4. The van der Waals surface area contributed by atoms with Crippen LogP contribution >= 0.6 is 15.9 Å². The Morgan fingerprint density at radius 2 is 2.33 bits per heavy atom. The normalized spacial score (nSPS) is 11.0. The fourth-order valence-electron chi connectivity index (χ4n) is 0.746. The van der Waals surface area contributed by atoms with Gasteiger partial charge in [-0.3, -0.25) is 0 Å². The van der Waals surface area contributed by atoms with E-state index < -0.39 is 6.43 Å². The molecule has 0 radical (unpaired) electrons. The van der Waals surface area contributed by atoms with Crippen LogP contribution in [-0.2, 0) is 6.54 Å². The first-order valence-corrected chi connectivity index (χ1v) is 4.20. The van der Waals surface area contributed by atoms with E-state index in [1.807, 2.05) is 0 Å². The Hall–Kier alpha value is -0.420. The predicted octanol–water partition coefficient (Wildman–Crippen LogP) is 2.40. The molecule has 68 valence electrons. The number of furan rings is 1. The van der Waals surface area contributed by atoms with Gasteiger partial charge in [-0.2, -0.15) is 0 Å². The Bertz CT molecular complexity index is 239. The summed E-state index contributed by atoms with van der Waals surface area (Å²) in [6, 6.07) is 1.72. The third-order valence-corrected chi connectivity index (χ3v) is 1.98. The molecule has 0 aliphatic carbocycles. The number of hydrogen-bond donors (Lipinski definition) is 1. The Balaban J connectivity index is 2.29. The maximum absolute atomic E-state index is 11.7. The van der Waals surface area contributed by atoms with E-state index in [-0.39, 0.29) is 6.54 Å². The number of alkyl halides is 2. The van der Waals surface area contributed by atoms with Crippen LogP contribution in [0.5, 0.6) is 0 Å².